The summed E-state index contributed by atoms with van der Waals surface area (Å²) < 4.78 is 61.4. The van der Waals surface area contributed by atoms with Crippen molar-refractivity contribution in [3.05, 3.63) is 33.1 Å². The predicted octanol–water partition coefficient (Wildman–Crippen LogP) is 3.51. The van der Waals surface area contributed by atoms with Crippen LogP contribution in [0.25, 0.3) is 0 Å². The number of nitrogens with zero attached hydrogens (tertiary/aromatic N) is 1. The van der Waals surface area contributed by atoms with Gasteiger partial charge >= 0.3 is 6.18 Å². The maximum atomic E-state index is 12.4. The number of alkyl halides is 3. The summed E-state index contributed by atoms with van der Waals surface area (Å²) in [6.07, 6.45) is -3.57. The van der Waals surface area contributed by atoms with Gasteiger partial charge in [0.05, 0.1) is 5.75 Å². The Morgan fingerprint density at radius 2 is 2.05 bits per heavy atom. The zero-order chi connectivity index (χ0) is 14.3. The predicted molar refractivity (Wildman–Crippen MR) is 67.1 cm³/mol. The first-order valence-corrected chi connectivity index (χ1v) is 8.34. The minimum Gasteiger partial charge on any atom is -0.240 e. The molecule has 0 N–H and O–H groups in total. The van der Waals surface area contributed by atoms with E-state index in [1.807, 2.05) is 0 Å². The first-order valence-electron chi connectivity index (χ1n) is 4.99. The van der Waals surface area contributed by atoms with Crippen LogP contribution in [0.15, 0.2) is 21.9 Å². The van der Waals surface area contributed by atoms with Crippen molar-refractivity contribution in [3.8, 4) is 0 Å². The zero-order valence-electron chi connectivity index (χ0n) is 9.56. The lowest BCUT2D eigenvalue weighted by molar-refractivity contribution is -0.137. The third-order valence-corrected chi connectivity index (χ3v) is 6.89. The average Bonchev–Trinajstić information content (AvgIpc) is 2.85. The van der Waals surface area contributed by atoms with Gasteiger partial charge in [0.1, 0.15) is 4.21 Å². The fraction of sp³-hybridized carbons (Fsp3) is 0.300. The van der Waals surface area contributed by atoms with Gasteiger partial charge in [0.15, 0.2) is 14.8 Å². The van der Waals surface area contributed by atoms with E-state index in [1.165, 1.54) is 0 Å². The van der Waals surface area contributed by atoms with Crippen LogP contribution in [0, 0.1) is 6.92 Å². The molecule has 0 saturated heterocycles. The lowest BCUT2D eigenvalue weighted by atomic mass is 10.4. The van der Waals surface area contributed by atoms with E-state index in [-0.39, 0.29) is 9.09 Å². The highest BCUT2D eigenvalue weighted by Gasteiger charge is 2.35. The van der Waals surface area contributed by atoms with Crippen molar-refractivity contribution < 1.29 is 21.6 Å². The summed E-state index contributed by atoms with van der Waals surface area (Å²) in [4.78, 5) is 3.29. The van der Waals surface area contributed by atoms with Crippen LogP contribution in [-0.4, -0.2) is 13.4 Å². The molecule has 0 unspecified atom stereocenters. The van der Waals surface area contributed by atoms with E-state index in [0.29, 0.717) is 16.9 Å². The van der Waals surface area contributed by atoms with Gasteiger partial charge in [-0.2, -0.15) is 13.2 Å². The van der Waals surface area contributed by atoms with Gasteiger partial charge in [-0.25, -0.2) is 13.4 Å². The number of aromatic nitrogens is 1. The first-order chi connectivity index (χ1) is 8.70. The summed E-state index contributed by atoms with van der Waals surface area (Å²) in [5.74, 6) is -0.456. The highest BCUT2D eigenvalue weighted by atomic mass is 32.2. The van der Waals surface area contributed by atoms with E-state index in [4.69, 9.17) is 0 Å². The van der Waals surface area contributed by atoms with Gasteiger partial charge in [0.25, 0.3) is 0 Å². The van der Waals surface area contributed by atoms with Gasteiger partial charge in [-0.15, -0.1) is 22.7 Å². The fourth-order valence-electron chi connectivity index (χ4n) is 1.44. The van der Waals surface area contributed by atoms with Crippen molar-refractivity contribution >= 4 is 32.5 Å². The number of hydrogen-bond acceptors (Lipinski definition) is 5. The van der Waals surface area contributed by atoms with Crippen molar-refractivity contribution in [2.75, 3.05) is 0 Å². The molecule has 19 heavy (non-hydrogen) atoms. The molecule has 0 atom stereocenters. The number of halogens is 3. The molecule has 0 saturated carbocycles. The maximum Gasteiger partial charge on any atom is 0.443 e. The Morgan fingerprint density at radius 3 is 2.53 bits per heavy atom. The van der Waals surface area contributed by atoms with Crippen LogP contribution < -0.4 is 0 Å². The molecule has 0 amide bonds. The first kappa shape index (κ1) is 14.5. The summed E-state index contributed by atoms with van der Waals surface area (Å²) in [6.45, 7) is 1.65. The van der Waals surface area contributed by atoms with Gasteiger partial charge in [-0.05, 0) is 23.9 Å². The number of thiazole rings is 1. The lowest BCUT2D eigenvalue weighted by Crippen LogP contribution is -2.03. The Hall–Kier alpha value is -0.930. The Bertz CT molecular complexity index is 685. The normalized spacial score (nSPS) is 12.8. The fourth-order valence-corrected chi connectivity index (χ4v) is 5.43. The van der Waals surface area contributed by atoms with Gasteiger partial charge < -0.3 is 0 Å². The highest BCUT2D eigenvalue weighted by molar-refractivity contribution is 7.92. The second kappa shape index (κ2) is 4.88. The Labute approximate surface area is 115 Å². The highest BCUT2D eigenvalue weighted by Crippen LogP contribution is 2.34. The van der Waals surface area contributed by atoms with E-state index in [1.54, 1.807) is 18.4 Å². The number of hydrogen-bond donors (Lipinski definition) is 0. The Morgan fingerprint density at radius 1 is 1.37 bits per heavy atom. The van der Waals surface area contributed by atoms with E-state index in [2.05, 4.69) is 4.98 Å². The van der Waals surface area contributed by atoms with Crippen LogP contribution in [0.4, 0.5) is 13.2 Å². The summed E-state index contributed by atoms with van der Waals surface area (Å²) in [6, 6.07) is 1.66. The minimum absolute atomic E-state index is 0.0834. The molecule has 2 aromatic rings. The molecule has 0 aliphatic carbocycles. The van der Waals surface area contributed by atoms with Crippen LogP contribution in [-0.2, 0) is 21.8 Å². The number of rotatable bonds is 3. The van der Waals surface area contributed by atoms with E-state index >= 15 is 0 Å². The van der Waals surface area contributed by atoms with Crippen molar-refractivity contribution in [1.29, 1.82) is 0 Å². The topological polar surface area (TPSA) is 47.0 Å². The Kier molecular flexibility index (Phi) is 3.72. The number of aryl methyl sites for hydroxylation is 1. The van der Waals surface area contributed by atoms with Crippen molar-refractivity contribution in [1.82, 2.24) is 4.98 Å². The summed E-state index contributed by atoms with van der Waals surface area (Å²) in [7, 11) is -3.61. The molecule has 2 heterocycles. The van der Waals surface area contributed by atoms with Gasteiger partial charge in [-0.3, -0.25) is 0 Å². The van der Waals surface area contributed by atoms with Crippen LogP contribution in [0.1, 0.15) is 15.4 Å². The van der Waals surface area contributed by atoms with E-state index in [0.717, 1.165) is 17.5 Å². The number of sulfone groups is 1. The van der Waals surface area contributed by atoms with Crippen molar-refractivity contribution in [2.45, 2.75) is 23.1 Å². The minimum atomic E-state index is -4.54. The van der Waals surface area contributed by atoms with E-state index in [9.17, 15) is 21.6 Å². The second-order valence-electron chi connectivity index (χ2n) is 3.78. The molecule has 104 valence electrons. The van der Waals surface area contributed by atoms with Crippen LogP contribution in [0.5, 0.6) is 0 Å². The van der Waals surface area contributed by atoms with Gasteiger partial charge in [0, 0.05) is 11.1 Å². The monoisotopic (exact) mass is 327 g/mol. The summed E-state index contributed by atoms with van der Waals surface area (Å²) >= 11 is 1.42. The molecule has 3 nitrogen and oxygen atoms in total. The van der Waals surface area contributed by atoms with E-state index < -0.39 is 26.8 Å². The third-order valence-electron chi connectivity index (χ3n) is 2.23. The molecule has 2 aromatic heterocycles. The molecule has 0 aliphatic heterocycles. The molecule has 0 fully saturated rings. The van der Waals surface area contributed by atoms with Crippen LogP contribution >= 0.6 is 22.7 Å². The zero-order valence-corrected chi connectivity index (χ0v) is 12.0. The summed E-state index contributed by atoms with van der Waals surface area (Å²) in [5, 5.41) is 0.608. The molecule has 9 heteroatoms. The van der Waals surface area contributed by atoms with Crippen LogP contribution in [0.2, 0.25) is 0 Å². The molecule has 0 aromatic carbocycles. The van der Waals surface area contributed by atoms with Crippen molar-refractivity contribution in [3.63, 3.8) is 0 Å². The molecule has 2 rings (SSSR count). The number of thiophene rings is 1. The molecule has 0 bridgehead atoms. The maximum absolute atomic E-state index is 12.4. The quantitative estimate of drug-likeness (QED) is 0.867. The molecular formula is C10H8F3NO2S3. The van der Waals surface area contributed by atoms with Crippen molar-refractivity contribution in [2.24, 2.45) is 0 Å². The SMILES string of the molecule is Cc1ccsc1S(=O)(=O)Cc1cnc(C(F)(F)F)s1. The largest absolute Gasteiger partial charge is 0.443 e. The molecule has 0 radical (unpaired) electrons. The molecule has 0 spiro atoms. The third kappa shape index (κ3) is 3.15. The Balaban J connectivity index is 2.27. The standard InChI is InChI=1S/C10H8F3NO2S3/c1-6-2-3-17-8(6)19(15,16)5-7-4-14-9(18-7)10(11,12)13/h2-4H,5H2,1H3. The second-order valence-corrected chi connectivity index (χ2v) is 8.00. The van der Waals surface area contributed by atoms with Gasteiger partial charge in [-0.1, -0.05) is 0 Å². The smallest absolute Gasteiger partial charge is 0.240 e. The lowest BCUT2D eigenvalue weighted by Gasteiger charge is -2.01. The van der Waals surface area contributed by atoms with Crippen LogP contribution in [0.3, 0.4) is 0 Å². The molecule has 0 aliphatic rings. The molecular weight excluding hydrogens is 319 g/mol. The van der Waals surface area contributed by atoms with Gasteiger partial charge in [0.2, 0.25) is 0 Å². The summed E-state index contributed by atoms with van der Waals surface area (Å²) in [5.41, 5.74) is 0.602. The average molecular weight is 327 g/mol.